The first-order chi connectivity index (χ1) is 10.3. The maximum Gasteiger partial charge on any atom is 0.315 e. The molecule has 1 heterocycles. The number of hydrogen-bond donors (Lipinski definition) is 3. The van der Waals surface area contributed by atoms with Crippen LogP contribution in [0.1, 0.15) is 31.7 Å². The summed E-state index contributed by atoms with van der Waals surface area (Å²) in [5.41, 5.74) is 2.21. The predicted molar refractivity (Wildman–Crippen MR) is 84.4 cm³/mol. The molecule has 1 saturated heterocycles. The Morgan fingerprint density at radius 2 is 2.14 bits per heavy atom. The summed E-state index contributed by atoms with van der Waals surface area (Å²) in [4.78, 5) is 11.8. The minimum atomic E-state index is -0.126. The Hall–Kier alpha value is -1.75. The number of ether oxygens (including phenoxy) is 1. The maximum absolute atomic E-state index is 11.8. The normalized spacial score (nSPS) is 18.0. The number of amides is 2. The average Bonchev–Trinajstić information content (AvgIpc) is 2.53. The summed E-state index contributed by atoms with van der Waals surface area (Å²) < 4.78 is 5.34. The van der Waals surface area contributed by atoms with E-state index in [1.807, 2.05) is 24.3 Å². The largest absolute Gasteiger partial charge is 0.385 e. The van der Waals surface area contributed by atoms with Gasteiger partial charge in [-0.05, 0) is 37.0 Å². The summed E-state index contributed by atoms with van der Waals surface area (Å²) in [7, 11) is 0. The van der Waals surface area contributed by atoms with E-state index < -0.39 is 0 Å². The molecule has 0 bridgehead atoms. The molecule has 0 radical (unpaired) electrons. The van der Waals surface area contributed by atoms with Crippen molar-refractivity contribution in [1.82, 2.24) is 10.6 Å². The van der Waals surface area contributed by atoms with Crippen molar-refractivity contribution in [1.29, 1.82) is 0 Å². The van der Waals surface area contributed by atoms with Crippen molar-refractivity contribution in [2.75, 3.05) is 25.1 Å². The van der Waals surface area contributed by atoms with Crippen molar-refractivity contribution in [2.45, 2.75) is 38.8 Å². The van der Waals surface area contributed by atoms with Crippen LogP contribution >= 0.6 is 0 Å². The molecule has 1 atom stereocenters. The predicted octanol–water partition coefficient (Wildman–Crippen LogP) is 2.49. The average molecular weight is 291 g/mol. The highest BCUT2D eigenvalue weighted by atomic mass is 16.5. The van der Waals surface area contributed by atoms with Crippen LogP contribution in [0.25, 0.3) is 0 Å². The number of nitrogens with one attached hydrogen (secondary N) is 3. The standard InChI is InChI=1S/C16H25N3O2/c1-2-9-17-14-7-5-13(6-8-14)11-18-16(20)19-15-4-3-10-21-12-15/h5-8,15,17H,2-4,9-12H2,1H3,(H2,18,19,20)/t15-/m0/s1. The molecule has 2 rings (SSSR count). The van der Waals surface area contributed by atoms with Gasteiger partial charge in [-0.3, -0.25) is 0 Å². The van der Waals surface area contributed by atoms with Gasteiger partial charge in [0.2, 0.25) is 0 Å². The lowest BCUT2D eigenvalue weighted by Gasteiger charge is -2.23. The first-order valence-corrected chi connectivity index (χ1v) is 7.73. The van der Waals surface area contributed by atoms with Crippen molar-refractivity contribution in [2.24, 2.45) is 0 Å². The lowest BCUT2D eigenvalue weighted by Crippen LogP contribution is -2.45. The van der Waals surface area contributed by atoms with Gasteiger partial charge >= 0.3 is 6.03 Å². The summed E-state index contributed by atoms with van der Waals surface area (Å²) in [5.74, 6) is 0. The van der Waals surface area contributed by atoms with Crippen LogP contribution in [0, 0.1) is 0 Å². The van der Waals surface area contributed by atoms with Gasteiger partial charge < -0.3 is 20.7 Å². The Kier molecular flexibility index (Phi) is 6.34. The van der Waals surface area contributed by atoms with E-state index in [4.69, 9.17) is 4.74 Å². The van der Waals surface area contributed by atoms with Crippen molar-refractivity contribution >= 4 is 11.7 Å². The number of rotatable bonds is 6. The first-order valence-electron chi connectivity index (χ1n) is 7.73. The van der Waals surface area contributed by atoms with E-state index in [1.165, 1.54) is 0 Å². The van der Waals surface area contributed by atoms with Crippen LogP contribution in [0.3, 0.4) is 0 Å². The van der Waals surface area contributed by atoms with E-state index in [0.29, 0.717) is 13.2 Å². The van der Waals surface area contributed by atoms with Crippen molar-refractivity contribution in [3.05, 3.63) is 29.8 Å². The molecule has 116 valence electrons. The fourth-order valence-corrected chi connectivity index (χ4v) is 2.28. The van der Waals surface area contributed by atoms with Crippen LogP contribution in [0.2, 0.25) is 0 Å². The highest BCUT2D eigenvalue weighted by Gasteiger charge is 2.15. The van der Waals surface area contributed by atoms with Crippen LogP contribution in [0.4, 0.5) is 10.5 Å². The molecule has 1 fully saturated rings. The Morgan fingerprint density at radius 1 is 1.33 bits per heavy atom. The number of carbonyl (C=O) groups excluding carboxylic acids is 1. The molecule has 2 amide bonds. The Balaban J connectivity index is 1.70. The molecule has 0 saturated carbocycles. The summed E-state index contributed by atoms with van der Waals surface area (Å²) in [6.45, 7) is 5.07. The van der Waals surface area contributed by atoms with Crippen LogP contribution in [0.15, 0.2) is 24.3 Å². The topological polar surface area (TPSA) is 62.4 Å². The molecule has 0 aromatic heterocycles. The second-order valence-electron chi connectivity index (χ2n) is 5.36. The van der Waals surface area contributed by atoms with E-state index in [-0.39, 0.29) is 12.1 Å². The second kappa shape index (κ2) is 8.52. The minimum Gasteiger partial charge on any atom is -0.385 e. The zero-order chi connectivity index (χ0) is 14.9. The third-order valence-electron chi connectivity index (χ3n) is 3.48. The third kappa shape index (κ3) is 5.63. The van der Waals surface area contributed by atoms with Gasteiger partial charge in [0.1, 0.15) is 0 Å². The first kappa shape index (κ1) is 15.6. The van der Waals surface area contributed by atoms with Crippen LogP contribution in [-0.4, -0.2) is 31.8 Å². The molecule has 5 heteroatoms. The quantitative estimate of drug-likeness (QED) is 0.754. The number of carbonyl (C=O) groups is 1. The van der Waals surface area contributed by atoms with E-state index in [1.54, 1.807) is 0 Å². The van der Waals surface area contributed by atoms with Gasteiger partial charge in [0.15, 0.2) is 0 Å². The van der Waals surface area contributed by atoms with Gasteiger partial charge in [-0.15, -0.1) is 0 Å². The fourth-order valence-electron chi connectivity index (χ4n) is 2.28. The zero-order valence-electron chi connectivity index (χ0n) is 12.7. The van der Waals surface area contributed by atoms with E-state index >= 15 is 0 Å². The molecule has 1 aliphatic heterocycles. The minimum absolute atomic E-state index is 0.126. The molecular weight excluding hydrogens is 266 g/mol. The summed E-state index contributed by atoms with van der Waals surface area (Å²) >= 11 is 0. The van der Waals surface area contributed by atoms with E-state index in [0.717, 1.165) is 43.7 Å². The monoisotopic (exact) mass is 291 g/mol. The summed E-state index contributed by atoms with van der Waals surface area (Å²) in [6.07, 6.45) is 3.11. The smallest absolute Gasteiger partial charge is 0.315 e. The lowest BCUT2D eigenvalue weighted by molar-refractivity contribution is 0.0732. The molecule has 0 spiro atoms. The molecule has 21 heavy (non-hydrogen) atoms. The summed E-state index contributed by atoms with van der Waals surface area (Å²) in [6, 6.07) is 8.15. The molecule has 3 N–H and O–H groups in total. The van der Waals surface area contributed by atoms with Gasteiger partial charge in [-0.25, -0.2) is 4.79 Å². The van der Waals surface area contributed by atoms with Crippen LogP contribution in [-0.2, 0) is 11.3 Å². The molecule has 0 aliphatic carbocycles. The Morgan fingerprint density at radius 3 is 2.81 bits per heavy atom. The van der Waals surface area contributed by atoms with Gasteiger partial charge in [0.25, 0.3) is 0 Å². The molecule has 1 aromatic rings. The highest BCUT2D eigenvalue weighted by molar-refractivity contribution is 5.74. The van der Waals surface area contributed by atoms with Gasteiger partial charge in [-0.1, -0.05) is 19.1 Å². The maximum atomic E-state index is 11.8. The number of hydrogen-bond acceptors (Lipinski definition) is 3. The molecule has 1 aliphatic rings. The summed E-state index contributed by atoms with van der Waals surface area (Å²) in [5, 5.41) is 9.15. The second-order valence-corrected chi connectivity index (χ2v) is 5.36. The molecule has 1 aromatic carbocycles. The van der Waals surface area contributed by atoms with Gasteiger partial charge in [0, 0.05) is 25.4 Å². The van der Waals surface area contributed by atoms with Gasteiger partial charge in [0.05, 0.1) is 12.6 Å². The van der Waals surface area contributed by atoms with E-state index in [9.17, 15) is 4.79 Å². The Bertz CT molecular complexity index is 428. The zero-order valence-corrected chi connectivity index (χ0v) is 12.7. The van der Waals surface area contributed by atoms with Crippen LogP contribution in [0.5, 0.6) is 0 Å². The molecule has 5 nitrogen and oxygen atoms in total. The number of urea groups is 1. The number of benzene rings is 1. The third-order valence-corrected chi connectivity index (χ3v) is 3.48. The van der Waals surface area contributed by atoms with Crippen molar-refractivity contribution in [3.8, 4) is 0 Å². The lowest BCUT2D eigenvalue weighted by atomic mass is 10.1. The molecule has 0 unspecified atom stereocenters. The van der Waals surface area contributed by atoms with Crippen LogP contribution < -0.4 is 16.0 Å². The van der Waals surface area contributed by atoms with Crippen molar-refractivity contribution in [3.63, 3.8) is 0 Å². The fraction of sp³-hybridized carbons (Fsp3) is 0.562. The highest BCUT2D eigenvalue weighted by Crippen LogP contribution is 2.09. The van der Waals surface area contributed by atoms with Crippen molar-refractivity contribution < 1.29 is 9.53 Å². The van der Waals surface area contributed by atoms with Gasteiger partial charge in [-0.2, -0.15) is 0 Å². The SMILES string of the molecule is CCCNc1ccc(CNC(=O)N[C@H]2CCCOC2)cc1. The Labute approximate surface area is 126 Å². The number of anilines is 1. The van der Waals surface area contributed by atoms with E-state index in [2.05, 4.69) is 22.9 Å². The molecular formula is C16H25N3O2.